The molecule has 0 radical (unpaired) electrons. The van der Waals surface area contributed by atoms with Crippen LogP contribution in [0.15, 0.2) is 11.1 Å². The molecular formula is C10H16. The number of allylic oxidation sites excluding steroid dienone is 2. The Morgan fingerprint density at radius 1 is 1.50 bits per heavy atom. The minimum absolute atomic E-state index is 0.971. The van der Waals surface area contributed by atoms with Gasteiger partial charge in [-0.3, -0.25) is 0 Å². The van der Waals surface area contributed by atoms with Crippen LogP contribution in [-0.2, 0) is 0 Å². The molecule has 0 bridgehead atoms. The summed E-state index contributed by atoms with van der Waals surface area (Å²) < 4.78 is 0. The lowest BCUT2D eigenvalue weighted by molar-refractivity contribution is 0.167. The highest BCUT2D eigenvalue weighted by Crippen LogP contribution is 2.57. The molecule has 3 atom stereocenters. The van der Waals surface area contributed by atoms with Crippen molar-refractivity contribution in [2.75, 3.05) is 0 Å². The Kier molecular flexibility index (Phi) is 1.21. The number of fused-ring (bicyclic) bond motifs is 1. The molecule has 3 unspecified atom stereocenters. The Morgan fingerprint density at radius 3 is 2.60 bits per heavy atom. The van der Waals surface area contributed by atoms with Gasteiger partial charge in [-0.15, -0.1) is 0 Å². The van der Waals surface area contributed by atoms with Crippen LogP contribution in [0, 0.1) is 17.8 Å². The first kappa shape index (κ1) is 6.45. The summed E-state index contributed by atoms with van der Waals surface area (Å²) in [6.07, 6.45) is 2.78. The Labute approximate surface area is 63.3 Å². The van der Waals surface area contributed by atoms with E-state index in [0.29, 0.717) is 0 Å². The lowest BCUT2D eigenvalue weighted by atomic mass is 9.52. The summed E-state index contributed by atoms with van der Waals surface area (Å²) in [5.74, 6) is 2.99. The molecule has 10 heavy (non-hydrogen) atoms. The maximum absolute atomic E-state index is 2.39. The number of rotatable bonds is 1. The fourth-order valence-corrected chi connectivity index (χ4v) is 2.83. The molecule has 0 nitrogen and oxygen atoms in total. The summed E-state index contributed by atoms with van der Waals surface area (Å²) in [5.41, 5.74) is 3.53. The quantitative estimate of drug-likeness (QED) is 0.486. The predicted octanol–water partition coefficient (Wildman–Crippen LogP) is 3.00. The van der Waals surface area contributed by atoms with E-state index in [4.69, 9.17) is 0 Å². The molecule has 1 saturated carbocycles. The average molecular weight is 136 g/mol. The van der Waals surface area contributed by atoms with Crippen LogP contribution in [0.5, 0.6) is 0 Å². The molecule has 0 spiro atoms. The van der Waals surface area contributed by atoms with Gasteiger partial charge in [-0.25, -0.2) is 0 Å². The zero-order valence-electron chi connectivity index (χ0n) is 7.15. The minimum atomic E-state index is 0.971. The highest BCUT2D eigenvalue weighted by molar-refractivity contribution is 5.38. The van der Waals surface area contributed by atoms with E-state index in [1.807, 2.05) is 0 Å². The highest BCUT2D eigenvalue weighted by atomic mass is 14.5. The van der Waals surface area contributed by atoms with Gasteiger partial charge in [0.05, 0.1) is 0 Å². The topological polar surface area (TPSA) is 0 Å². The Balaban J connectivity index is 2.16. The zero-order valence-corrected chi connectivity index (χ0v) is 7.15. The molecule has 56 valence electrons. The van der Waals surface area contributed by atoms with Gasteiger partial charge >= 0.3 is 0 Å². The van der Waals surface area contributed by atoms with Gasteiger partial charge in [0, 0.05) is 0 Å². The van der Waals surface area contributed by atoms with Crippen LogP contribution in [0.3, 0.4) is 0 Å². The third kappa shape index (κ3) is 0.531. The van der Waals surface area contributed by atoms with E-state index in [9.17, 15) is 0 Å². The summed E-state index contributed by atoms with van der Waals surface area (Å²) in [6.45, 7) is 7.03. The number of hydrogen-bond donors (Lipinski definition) is 0. The van der Waals surface area contributed by atoms with Gasteiger partial charge in [0.1, 0.15) is 0 Å². The van der Waals surface area contributed by atoms with Crippen LogP contribution < -0.4 is 0 Å². The van der Waals surface area contributed by atoms with Crippen LogP contribution >= 0.6 is 0 Å². The van der Waals surface area contributed by atoms with Crippen LogP contribution in [0.2, 0.25) is 0 Å². The first-order valence-corrected chi connectivity index (χ1v) is 4.45. The highest BCUT2D eigenvalue weighted by Gasteiger charge is 2.46. The monoisotopic (exact) mass is 136 g/mol. The summed E-state index contributed by atoms with van der Waals surface area (Å²) >= 11 is 0. The second-order valence-electron chi connectivity index (χ2n) is 3.93. The van der Waals surface area contributed by atoms with Crippen LogP contribution in [0.25, 0.3) is 0 Å². The molecule has 0 heterocycles. The van der Waals surface area contributed by atoms with E-state index in [0.717, 1.165) is 17.8 Å². The molecule has 0 amide bonds. The fraction of sp³-hybridized carbons (Fsp3) is 0.800. The first-order valence-electron chi connectivity index (χ1n) is 4.45. The third-order valence-electron chi connectivity index (χ3n) is 3.49. The molecule has 2 aliphatic rings. The van der Waals surface area contributed by atoms with E-state index in [2.05, 4.69) is 20.8 Å². The summed E-state index contributed by atoms with van der Waals surface area (Å²) in [6, 6.07) is 0. The van der Waals surface area contributed by atoms with Gasteiger partial charge in [-0.2, -0.15) is 0 Å². The van der Waals surface area contributed by atoms with Gasteiger partial charge in [-0.05, 0) is 37.5 Å². The van der Waals surface area contributed by atoms with Gasteiger partial charge in [-0.1, -0.05) is 25.0 Å². The summed E-state index contributed by atoms with van der Waals surface area (Å²) in [7, 11) is 0. The molecule has 0 aliphatic heterocycles. The van der Waals surface area contributed by atoms with Crippen LogP contribution in [0.4, 0.5) is 0 Å². The zero-order chi connectivity index (χ0) is 7.30. The minimum Gasteiger partial charge on any atom is -0.0701 e. The standard InChI is InChI=1S/C10H16/c1-4-8-7(3)9-5-6(2)10(8)9/h6,8,10H,4-5H2,1-3H3. The van der Waals surface area contributed by atoms with Crippen LogP contribution in [0.1, 0.15) is 33.6 Å². The van der Waals surface area contributed by atoms with Crippen molar-refractivity contribution >= 4 is 0 Å². The van der Waals surface area contributed by atoms with Crippen molar-refractivity contribution in [3.8, 4) is 0 Å². The number of hydrogen-bond acceptors (Lipinski definition) is 0. The Hall–Kier alpha value is -0.260. The van der Waals surface area contributed by atoms with Crippen molar-refractivity contribution in [1.82, 2.24) is 0 Å². The summed E-state index contributed by atoms with van der Waals surface area (Å²) in [5, 5.41) is 0. The van der Waals surface area contributed by atoms with E-state index < -0.39 is 0 Å². The first-order chi connectivity index (χ1) is 4.75. The van der Waals surface area contributed by atoms with Crippen molar-refractivity contribution in [3.63, 3.8) is 0 Å². The molecule has 2 rings (SSSR count). The second kappa shape index (κ2) is 1.87. The van der Waals surface area contributed by atoms with Crippen molar-refractivity contribution in [1.29, 1.82) is 0 Å². The van der Waals surface area contributed by atoms with E-state index in [-0.39, 0.29) is 0 Å². The van der Waals surface area contributed by atoms with Gasteiger partial charge in [0.2, 0.25) is 0 Å². The SMILES string of the molecule is CCC1C(C)=C2CC(C)C21. The predicted molar refractivity (Wildman–Crippen MR) is 43.8 cm³/mol. The summed E-state index contributed by atoms with van der Waals surface area (Å²) in [4.78, 5) is 0. The van der Waals surface area contributed by atoms with Crippen molar-refractivity contribution in [3.05, 3.63) is 11.1 Å². The molecule has 2 aliphatic carbocycles. The normalized spacial score (nSPS) is 44.1. The van der Waals surface area contributed by atoms with E-state index in [1.54, 1.807) is 11.1 Å². The van der Waals surface area contributed by atoms with Crippen LogP contribution in [-0.4, -0.2) is 0 Å². The Bertz CT molecular complexity index is 182. The molecule has 1 fully saturated rings. The van der Waals surface area contributed by atoms with E-state index >= 15 is 0 Å². The van der Waals surface area contributed by atoms with Crippen molar-refractivity contribution < 1.29 is 0 Å². The molecule has 0 aromatic carbocycles. The lowest BCUT2D eigenvalue weighted by Crippen LogP contribution is -2.43. The lowest BCUT2D eigenvalue weighted by Gasteiger charge is -2.53. The largest absolute Gasteiger partial charge is 0.0701 e. The van der Waals surface area contributed by atoms with Crippen molar-refractivity contribution in [2.45, 2.75) is 33.6 Å². The van der Waals surface area contributed by atoms with Gasteiger partial charge in [0.25, 0.3) is 0 Å². The fourth-order valence-electron chi connectivity index (χ4n) is 2.83. The molecule has 0 aromatic heterocycles. The molecule has 0 aromatic rings. The maximum Gasteiger partial charge on any atom is -0.0106 e. The average Bonchev–Trinajstić information content (AvgIpc) is 1.92. The molecule has 0 heteroatoms. The molecular weight excluding hydrogens is 120 g/mol. The van der Waals surface area contributed by atoms with Gasteiger partial charge < -0.3 is 0 Å². The molecule has 0 N–H and O–H groups in total. The van der Waals surface area contributed by atoms with E-state index in [1.165, 1.54) is 12.8 Å². The van der Waals surface area contributed by atoms with Gasteiger partial charge in [0.15, 0.2) is 0 Å². The Morgan fingerprint density at radius 2 is 2.20 bits per heavy atom. The second-order valence-corrected chi connectivity index (χ2v) is 3.93. The smallest absolute Gasteiger partial charge is 0.0106 e. The maximum atomic E-state index is 2.39. The third-order valence-corrected chi connectivity index (χ3v) is 3.49. The van der Waals surface area contributed by atoms with Crippen molar-refractivity contribution in [2.24, 2.45) is 17.8 Å². The molecule has 0 saturated heterocycles.